The highest BCUT2D eigenvalue weighted by Crippen LogP contribution is 2.49. The van der Waals surface area contributed by atoms with Gasteiger partial charge in [-0.3, -0.25) is 19.9 Å². The standard InChI is InChI=1S/C55H50F5N5O10S/c56-47-48(57)50(59)53(51(60)49(47)58)75-45-32-43-38-17-24-44-42(31-38)46(52(74-44)37-15-20-40(21-16-37)72-33-35-11-3-1-4-12-35)54(66)62(27-9-25-61-45)26-7-8-28-63(76(70,71)41-22-18-39(19-23-41)65(68)69)29-10-30-64(43)55(67)73-34-36-13-5-2-6-14-36/h1-6,11-24,31,43,46,52H,7-10,25-30,32-34H2/t43-,46+,52-/m0/s1. The molecule has 3 aliphatic heterocycles. The molecule has 0 aromatic heterocycles. The van der Waals surface area contributed by atoms with Crippen LogP contribution in [0.5, 0.6) is 17.2 Å². The van der Waals surface area contributed by atoms with Gasteiger partial charge in [0.05, 0.1) is 15.9 Å². The molecule has 15 nitrogen and oxygen atoms in total. The highest BCUT2D eigenvalue weighted by Gasteiger charge is 2.44. The monoisotopic (exact) mass is 1070 g/mol. The van der Waals surface area contributed by atoms with Crippen LogP contribution in [-0.2, 0) is 32.8 Å². The number of hydrogen-bond donors (Lipinski definition) is 0. The Morgan fingerprint density at radius 2 is 1.32 bits per heavy atom. The van der Waals surface area contributed by atoms with Gasteiger partial charge in [0.1, 0.15) is 36.7 Å². The number of carbonyl (C=O) groups is 2. The molecular formula is C55H50F5N5O10S. The predicted octanol–water partition coefficient (Wildman–Crippen LogP) is 10.7. The molecule has 0 unspecified atom stereocenters. The number of ether oxygens (including phenoxy) is 4. The van der Waals surface area contributed by atoms with E-state index in [9.17, 15) is 36.5 Å². The minimum atomic E-state index is -4.35. The number of halogens is 5. The van der Waals surface area contributed by atoms with Crippen molar-refractivity contribution in [1.29, 1.82) is 0 Å². The van der Waals surface area contributed by atoms with Gasteiger partial charge < -0.3 is 28.7 Å². The summed E-state index contributed by atoms with van der Waals surface area (Å²) >= 11 is 0. The van der Waals surface area contributed by atoms with E-state index in [-0.39, 0.29) is 93.6 Å². The van der Waals surface area contributed by atoms with Crippen LogP contribution in [0.4, 0.5) is 32.4 Å². The van der Waals surface area contributed by atoms with Crippen molar-refractivity contribution in [2.45, 2.75) is 68.3 Å². The first-order chi connectivity index (χ1) is 36.7. The van der Waals surface area contributed by atoms with Crippen LogP contribution < -0.4 is 14.2 Å². The SMILES string of the molecule is O=C1[C@@H]2c3cc(ccc3O[C@H]2c2ccc(OCc3ccccc3)cc2)[C@@H]2CC(Oc3c(F)c(F)c(F)c(F)c3F)=NCCCN1CCCCN(S(=O)(=O)c1ccc([N+](=O)[O-])cc1)CCCN2C(=O)OCc1ccccc1. The molecule has 0 radical (unpaired) electrons. The number of nitro benzene ring substituents is 1. The van der Waals surface area contributed by atoms with Crippen LogP contribution in [-0.4, -0.2) is 84.6 Å². The molecular weight excluding hydrogens is 1020 g/mol. The summed E-state index contributed by atoms with van der Waals surface area (Å²) < 4.78 is 129. The van der Waals surface area contributed by atoms with Crippen molar-refractivity contribution in [3.63, 3.8) is 0 Å². The average Bonchev–Trinajstić information content (AvgIpc) is 3.83. The lowest BCUT2D eigenvalue weighted by Crippen LogP contribution is -2.41. The Kier molecular flexibility index (Phi) is 16.2. The Morgan fingerprint density at radius 3 is 1.99 bits per heavy atom. The van der Waals surface area contributed by atoms with Gasteiger partial charge in [-0.1, -0.05) is 78.9 Å². The number of sulfonamides is 1. The summed E-state index contributed by atoms with van der Waals surface area (Å²) in [4.78, 5) is 48.1. The zero-order valence-electron chi connectivity index (χ0n) is 40.7. The van der Waals surface area contributed by atoms with Crippen LogP contribution in [0, 0.1) is 39.2 Å². The number of nitro groups is 1. The van der Waals surface area contributed by atoms with Crippen LogP contribution in [0.2, 0.25) is 0 Å². The van der Waals surface area contributed by atoms with Crippen molar-refractivity contribution >= 4 is 33.6 Å². The first-order valence-corrected chi connectivity index (χ1v) is 25.9. The van der Waals surface area contributed by atoms with E-state index in [1.807, 2.05) is 30.3 Å². The van der Waals surface area contributed by atoms with Gasteiger partial charge in [0, 0.05) is 63.4 Å². The highest BCUT2D eigenvalue weighted by molar-refractivity contribution is 7.89. The zero-order chi connectivity index (χ0) is 53.5. The van der Waals surface area contributed by atoms with Crippen molar-refractivity contribution < 1.29 is 63.8 Å². The molecule has 9 rings (SSSR count). The fraction of sp³-hybridized carbons (Fsp3) is 0.291. The lowest BCUT2D eigenvalue weighted by molar-refractivity contribution is -0.384. The second-order valence-corrected chi connectivity index (χ2v) is 20.2. The molecule has 3 aliphatic rings. The van der Waals surface area contributed by atoms with E-state index >= 15 is 13.6 Å². The van der Waals surface area contributed by atoms with E-state index in [1.165, 1.54) is 9.21 Å². The van der Waals surface area contributed by atoms with Crippen molar-refractivity contribution in [3.05, 3.63) is 194 Å². The van der Waals surface area contributed by atoms with Gasteiger partial charge in [0.15, 0.2) is 5.90 Å². The minimum Gasteiger partial charge on any atom is -0.489 e. The van der Waals surface area contributed by atoms with Gasteiger partial charge in [-0.15, -0.1) is 0 Å². The number of fused-ring (bicyclic) bond motifs is 1. The van der Waals surface area contributed by atoms with Crippen LogP contribution >= 0.6 is 0 Å². The zero-order valence-corrected chi connectivity index (χ0v) is 41.5. The summed E-state index contributed by atoms with van der Waals surface area (Å²) in [5, 5.41) is 11.5. The molecule has 2 amide bonds. The number of non-ortho nitro benzene ring substituents is 1. The Balaban J connectivity index is 1.15. The lowest BCUT2D eigenvalue weighted by atomic mass is 9.87. The molecule has 4 bridgehead atoms. The second kappa shape index (κ2) is 23.3. The van der Waals surface area contributed by atoms with Gasteiger partial charge in [0.25, 0.3) is 5.69 Å². The molecule has 0 N–H and O–H groups in total. The van der Waals surface area contributed by atoms with Crippen molar-refractivity contribution in [3.8, 4) is 17.2 Å². The molecule has 6 aromatic carbocycles. The van der Waals surface area contributed by atoms with E-state index in [1.54, 1.807) is 77.7 Å². The van der Waals surface area contributed by atoms with E-state index in [2.05, 4.69) is 4.99 Å². The van der Waals surface area contributed by atoms with Crippen LogP contribution in [0.3, 0.4) is 0 Å². The summed E-state index contributed by atoms with van der Waals surface area (Å²) in [6.07, 6.45) is -1.90. The fourth-order valence-corrected chi connectivity index (χ4v) is 11.0. The van der Waals surface area contributed by atoms with Crippen LogP contribution in [0.1, 0.15) is 78.0 Å². The molecule has 0 saturated carbocycles. The van der Waals surface area contributed by atoms with Gasteiger partial charge in [-0.2, -0.15) is 13.1 Å². The average molecular weight is 1070 g/mol. The van der Waals surface area contributed by atoms with Crippen molar-refractivity contribution in [2.75, 3.05) is 39.3 Å². The lowest BCUT2D eigenvalue weighted by Gasteiger charge is -2.33. The molecule has 0 spiro atoms. The number of rotatable bonds is 10. The normalized spacial score (nSPS) is 18.6. The molecule has 76 heavy (non-hydrogen) atoms. The maximum atomic E-state index is 15.4. The Morgan fingerprint density at radius 1 is 0.711 bits per heavy atom. The predicted molar refractivity (Wildman–Crippen MR) is 267 cm³/mol. The van der Waals surface area contributed by atoms with Crippen molar-refractivity contribution in [2.24, 2.45) is 4.99 Å². The third kappa shape index (κ3) is 11.6. The number of carbonyl (C=O) groups excluding carboxylic acids is 2. The van der Waals surface area contributed by atoms with Crippen LogP contribution in [0.15, 0.2) is 137 Å². The topological polar surface area (TPSA) is 170 Å². The van der Waals surface area contributed by atoms with Gasteiger partial charge in [-0.05, 0) is 84.3 Å². The fourth-order valence-electron chi connectivity index (χ4n) is 9.43. The highest BCUT2D eigenvalue weighted by atomic mass is 32.2. The largest absolute Gasteiger partial charge is 0.489 e. The molecule has 6 aromatic rings. The number of hydrogen-bond acceptors (Lipinski definition) is 11. The molecule has 0 fully saturated rings. The molecule has 0 saturated heterocycles. The summed E-state index contributed by atoms with van der Waals surface area (Å²) in [6, 6.07) is 33.3. The number of aliphatic imine (C=N–C) groups is 1. The first-order valence-electron chi connectivity index (χ1n) is 24.5. The summed E-state index contributed by atoms with van der Waals surface area (Å²) in [5.74, 6) is -14.1. The van der Waals surface area contributed by atoms with E-state index < -0.39 is 86.3 Å². The van der Waals surface area contributed by atoms with Crippen molar-refractivity contribution in [1.82, 2.24) is 14.1 Å². The number of nitrogens with zero attached hydrogens (tertiary/aromatic N) is 5. The summed E-state index contributed by atoms with van der Waals surface area (Å²) in [7, 11) is -4.35. The van der Waals surface area contributed by atoms with Crippen LogP contribution in [0.25, 0.3) is 0 Å². The second-order valence-electron chi connectivity index (χ2n) is 18.3. The smallest absolute Gasteiger partial charge is 0.410 e. The Labute approximate surface area is 434 Å². The third-order valence-corrected chi connectivity index (χ3v) is 15.3. The van der Waals surface area contributed by atoms with E-state index in [0.29, 0.717) is 34.8 Å². The Bertz CT molecular complexity index is 3200. The summed E-state index contributed by atoms with van der Waals surface area (Å²) in [5.41, 5.74) is 2.56. The van der Waals surface area contributed by atoms with Gasteiger partial charge in [-0.25, -0.2) is 26.4 Å². The molecule has 21 heteroatoms. The van der Waals surface area contributed by atoms with Gasteiger partial charge >= 0.3 is 6.09 Å². The van der Waals surface area contributed by atoms with E-state index in [4.69, 9.17) is 18.9 Å². The molecule has 0 aliphatic carbocycles. The minimum absolute atomic E-state index is 0.0226. The van der Waals surface area contributed by atoms with Gasteiger partial charge in [0.2, 0.25) is 50.8 Å². The summed E-state index contributed by atoms with van der Waals surface area (Å²) in [6.45, 7) is -0.551. The quantitative estimate of drug-likeness (QED) is 0.0423. The molecule has 3 heterocycles. The maximum absolute atomic E-state index is 15.4. The Hall–Kier alpha value is -7.91. The first kappa shape index (κ1) is 52.9. The number of amides is 2. The number of benzene rings is 6. The molecule has 3 atom stereocenters. The van der Waals surface area contributed by atoms with E-state index in [0.717, 1.165) is 29.8 Å². The third-order valence-electron chi connectivity index (χ3n) is 13.4. The molecule has 396 valence electrons. The maximum Gasteiger partial charge on any atom is 0.410 e.